The van der Waals surface area contributed by atoms with Crippen LogP contribution in [-0.4, -0.2) is 30.3 Å². The van der Waals surface area contributed by atoms with Crippen LogP contribution in [0.2, 0.25) is 0 Å². The molecule has 0 radical (unpaired) electrons. The summed E-state index contributed by atoms with van der Waals surface area (Å²) in [6.07, 6.45) is 0. The Morgan fingerprint density at radius 1 is 1.04 bits per heavy atom. The molecular formula is C20H24N2O2. The Bertz CT molecular complexity index is 724. The first-order valence-corrected chi connectivity index (χ1v) is 8.11. The Kier molecular flexibility index (Phi) is 5.74. The zero-order valence-corrected chi connectivity index (χ0v) is 14.7. The number of anilines is 1. The predicted molar refractivity (Wildman–Crippen MR) is 97.4 cm³/mol. The number of rotatable bonds is 5. The molecule has 0 heterocycles. The number of hydrogen-bond acceptors (Lipinski definition) is 2. The highest BCUT2D eigenvalue weighted by Crippen LogP contribution is 2.19. The van der Waals surface area contributed by atoms with Crippen molar-refractivity contribution in [2.75, 3.05) is 18.9 Å². The van der Waals surface area contributed by atoms with Crippen molar-refractivity contribution >= 4 is 17.5 Å². The third-order valence-corrected chi connectivity index (χ3v) is 3.75. The van der Waals surface area contributed by atoms with E-state index in [-0.39, 0.29) is 11.8 Å². The lowest BCUT2D eigenvalue weighted by Crippen LogP contribution is -2.30. The van der Waals surface area contributed by atoms with Gasteiger partial charge in [-0.15, -0.1) is 0 Å². The van der Waals surface area contributed by atoms with Gasteiger partial charge in [-0.1, -0.05) is 38.1 Å². The van der Waals surface area contributed by atoms with E-state index in [9.17, 15) is 9.59 Å². The van der Waals surface area contributed by atoms with Gasteiger partial charge in [0, 0.05) is 30.4 Å². The fourth-order valence-corrected chi connectivity index (χ4v) is 2.52. The highest BCUT2D eigenvalue weighted by molar-refractivity contribution is 6.05. The van der Waals surface area contributed by atoms with E-state index in [1.165, 1.54) is 0 Å². The van der Waals surface area contributed by atoms with Crippen molar-refractivity contribution in [3.63, 3.8) is 0 Å². The monoisotopic (exact) mass is 324 g/mol. The minimum Gasteiger partial charge on any atom is -0.341 e. The van der Waals surface area contributed by atoms with Crippen LogP contribution in [0.15, 0.2) is 48.5 Å². The Labute approximate surface area is 143 Å². The summed E-state index contributed by atoms with van der Waals surface area (Å²) in [5.41, 5.74) is 2.74. The maximum atomic E-state index is 12.5. The summed E-state index contributed by atoms with van der Waals surface area (Å²) in [4.78, 5) is 26.5. The van der Waals surface area contributed by atoms with Crippen molar-refractivity contribution in [3.8, 4) is 0 Å². The van der Waals surface area contributed by atoms with Gasteiger partial charge in [0.15, 0.2) is 0 Å². The molecule has 0 atom stereocenters. The van der Waals surface area contributed by atoms with E-state index in [0.29, 0.717) is 29.3 Å². The van der Waals surface area contributed by atoms with Crippen LogP contribution < -0.4 is 5.32 Å². The smallest absolute Gasteiger partial charge is 0.255 e. The third-order valence-electron chi connectivity index (χ3n) is 3.75. The molecule has 0 spiro atoms. The van der Waals surface area contributed by atoms with Crippen LogP contribution in [0.1, 0.15) is 40.1 Å². The van der Waals surface area contributed by atoms with Crippen molar-refractivity contribution in [2.45, 2.75) is 20.8 Å². The summed E-state index contributed by atoms with van der Waals surface area (Å²) in [6, 6.07) is 14.4. The van der Waals surface area contributed by atoms with Crippen LogP contribution in [-0.2, 0) is 0 Å². The number of carbonyl (C=O) groups is 2. The van der Waals surface area contributed by atoms with Crippen LogP contribution in [0, 0.1) is 12.8 Å². The Morgan fingerprint density at radius 3 is 2.33 bits per heavy atom. The van der Waals surface area contributed by atoms with Crippen LogP contribution in [0.4, 0.5) is 5.69 Å². The topological polar surface area (TPSA) is 49.4 Å². The number of nitrogens with one attached hydrogen (secondary N) is 1. The summed E-state index contributed by atoms with van der Waals surface area (Å²) in [5, 5.41) is 2.89. The first-order valence-electron chi connectivity index (χ1n) is 8.11. The average molecular weight is 324 g/mol. The Balaban J connectivity index is 2.19. The molecule has 0 aliphatic rings. The van der Waals surface area contributed by atoms with Crippen LogP contribution in [0.3, 0.4) is 0 Å². The molecular weight excluding hydrogens is 300 g/mol. The summed E-state index contributed by atoms with van der Waals surface area (Å²) >= 11 is 0. The van der Waals surface area contributed by atoms with Gasteiger partial charge in [0.05, 0.1) is 0 Å². The van der Waals surface area contributed by atoms with Gasteiger partial charge >= 0.3 is 0 Å². The highest BCUT2D eigenvalue weighted by Gasteiger charge is 2.15. The number of amides is 2. The minimum atomic E-state index is -0.182. The van der Waals surface area contributed by atoms with Gasteiger partial charge < -0.3 is 10.2 Å². The van der Waals surface area contributed by atoms with Gasteiger partial charge in [-0.05, 0) is 42.7 Å². The Hall–Kier alpha value is -2.62. The lowest BCUT2D eigenvalue weighted by atomic mass is 10.1. The number of aryl methyl sites for hydroxylation is 1. The number of carbonyl (C=O) groups excluding carboxylic acids is 2. The van der Waals surface area contributed by atoms with Crippen molar-refractivity contribution in [1.82, 2.24) is 4.90 Å². The van der Waals surface area contributed by atoms with E-state index in [1.54, 1.807) is 36.2 Å². The highest BCUT2D eigenvalue weighted by atomic mass is 16.2. The molecule has 0 saturated carbocycles. The fraction of sp³-hybridized carbons (Fsp3) is 0.300. The molecule has 0 saturated heterocycles. The lowest BCUT2D eigenvalue weighted by molar-refractivity contribution is 0.0779. The van der Waals surface area contributed by atoms with Gasteiger partial charge in [0.2, 0.25) is 0 Å². The molecule has 2 aromatic carbocycles. The van der Waals surface area contributed by atoms with Crippen LogP contribution in [0.5, 0.6) is 0 Å². The molecule has 0 aliphatic heterocycles. The van der Waals surface area contributed by atoms with Crippen LogP contribution in [0.25, 0.3) is 0 Å². The molecule has 4 heteroatoms. The molecule has 2 rings (SSSR count). The lowest BCUT2D eigenvalue weighted by Gasteiger charge is -2.20. The van der Waals surface area contributed by atoms with Crippen molar-refractivity contribution in [2.24, 2.45) is 5.92 Å². The zero-order valence-electron chi connectivity index (χ0n) is 14.7. The van der Waals surface area contributed by atoms with E-state index < -0.39 is 0 Å². The molecule has 1 N–H and O–H groups in total. The zero-order chi connectivity index (χ0) is 17.7. The molecule has 0 aliphatic carbocycles. The van der Waals surface area contributed by atoms with Crippen molar-refractivity contribution < 1.29 is 9.59 Å². The Morgan fingerprint density at radius 2 is 1.71 bits per heavy atom. The molecule has 24 heavy (non-hydrogen) atoms. The van der Waals surface area contributed by atoms with Gasteiger partial charge in [-0.2, -0.15) is 0 Å². The third kappa shape index (κ3) is 4.44. The second-order valence-corrected chi connectivity index (χ2v) is 6.43. The standard InChI is InChI=1S/C20H24N2O2/c1-14(2)13-22(4)20(24)17-11-10-15(3)18(12-17)21-19(23)16-8-6-5-7-9-16/h5-12,14H,13H2,1-4H3,(H,21,23). The minimum absolute atomic E-state index is 0.0427. The largest absolute Gasteiger partial charge is 0.341 e. The predicted octanol–water partition coefficient (Wildman–Crippen LogP) is 3.98. The van der Waals surface area contributed by atoms with Crippen molar-refractivity contribution in [3.05, 3.63) is 65.2 Å². The first kappa shape index (κ1) is 17.7. The average Bonchev–Trinajstić information content (AvgIpc) is 2.56. The van der Waals surface area contributed by atoms with E-state index in [0.717, 1.165) is 5.56 Å². The second kappa shape index (κ2) is 7.77. The maximum Gasteiger partial charge on any atom is 0.255 e. The fourth-order valence-electron chi connectivity index (χ4n) is 2.52. The van der Waals surface area contributed by atoms with E-state index in [1.807, 2.05) is 31.2 Å². The molecule has 2 aromatic rings. The second-order valence-electron chi connectivity index (χ2n) is 6.43. The normalized spacial score (nSPS) is 10.5. The SMILES string of the molecule is Cc1ccc(C(=O)N(C)CC(C)C)cc1NC(=O)c1ccccc1. The molecule has 0 bridgehead atoms. The molecule has 126 valence electrons. The first-order chi connectivity index (χ1) is 11.4. The van der Waals surface area contributed by atoms with Gasteiger partial charge in [-0.3, -0.25) is 9.59 Å². The number of nitrogens with zero attached hydrogens (tertiary/aromatic N) is 1. The molecule has 4 nitrogen and oxygen atoms in total. The molecule has 2 amide bonds. The molecule has 0 unspecified atom stereocenters. The van der Waals surface area contributed by atoms with E-state index >= 15 is 0 Å². The van der Waals surface area contributed by atoms with Crippen molar-refractivity contribution in [1.29, 1.82) is 0 Å². The van der Waals surface area contributed by atoms with E-state index in [4.69, 9.17) is 0 Å². The van der Waals surface area contributed by atoms with Gasteiger partial charge in [0.25, 0.3) is 11.8 Å². The maximum absolute atomic E-state index is 12.5. The summed E-state index contributed by atoms with van der Waals surface area (Å²) < 4.78 is 0. The summed E-state index contributed by atoms with van der Waals surface area (Å²) in [7, 11) is 1.80. The number of hydrogen-bond donors (Lipinski definition) is 1. The summed E-state index contributed by atoms with van der Waals surface area (Å²) in [5.74, 6) is 0.180. The molecule has 0 aromatic heterocycles. The quantitative estimate of drug-likeness (QED) is 0.904. The molecule has 0 fully saturated rings. The van der Waals surface area contributed by atoms with Gasteiger partial charge in [-0.25, -0.2) is 0 Å². The summed E-state index contributed by atoms with van der Waals surface area (Å²) in [6.45, 7) is 6.75. The van der Waals surface area contributed by atoms with Crippen LogP contribution >= 0.6 is 0 Å². The number of benzene rings is 2. The van der Waals surface area contributed by atoms with Gasteiger partial charge in [0.1, 0.15) is 0 Å². The van der Waals surface area contributed by atoms with E-state index in [2.05, 4.69) is 19.2 Å².